The van der Waals surface area contributed by atoms with Crippen LogP contribution in [0, 0.1) is 0 Å². The van der Waals surface area contributed by atoms with E-state index >= 15 is 0 Å². The SMILES string of the molecule is NCCc1nc2ccccc2n1CCc1ccncn1. The van der Waals surface area contributed by atoms with Crippen LogP contribution in [0.4, 0.5) is 0 Å². The number of hydrogen-bond acceptors (Lipinski definition) is 4. The van der Waals surface area contributed by atoms with E-state index < -0.39 is 0 Å². The van der Waals surface area contributed by atoms with Crippen molar-refractivity contribution in [2.24, 2.45) is 5.73 Å². The van der Waals surface area contributed by atoms with Gasteiger partial charge in [0.15, 0.2) is 0 Å². The van der Waals surface area contributed by atoms with Gasteiger partial charge in [-0.05, 0) is 24.7 Å². The van der Waals surface area contributed by atoms with E-state index in [0.29, 0.717) is 6.54 Å². The highest BCUT2D eigenvalue weighted by molar-refractivity contribution is 5.75. The van der Waals surface area contributed by atoms with Crippen molar-refractivity contribution in [2.75, 3.05) is 6.54 Å². The molecule has 0 bridgehead atoms. The van der Waals surface area contributed by atoms with Crippen molar-refractivity contribution in [3.8, 4) is 0 Å². The van der Waals surface area contributed by atoms with Crippen LogP contribution in [0.25, 0.3) is 11.0 Å². The van der Waals surface area contributed by atoms with Gasteiger partial charge in [0.1, 0.15) is 12.2 Å². The molecule has 20 heavy (non-hydrogen) atoms. The van der Waals surface area contributed by atoms with Crippen molar-refractivity contribution >= 4 is 11.0 Å². The molecule has 0 aliphatic rings. The number of hydrogen-bond donors (Lipinski definition) is 1. The number of imidazole rings is 1. The first-order valence-electron chi connectivity index (χ1n) is 6.77. The van der Waals surface area contributed by atoms with E-state index in [9.17, 15) is 0 Å². The van der Waals surface area contributed by atoms with Crippen LogP contribution in [0.3, 0.4) is 0 Å². The molecule has 102 valence electrons. The monoisotopic (exact) mass is 267 g/mol. The fourth-order valence-corrected chi connectivity index (χ4v) is 2.39. The summed E-state index contributed by atoms with van der Waals surface area (Å²) in [4.78, 5) is 12.9. The molecule has 1 aromatic carbocycles. The number of aromatic nitrogens is 4. The zero-order valence-corrected chi connectivity index (χ0v) is 11.2. The zero-order chi connectivity index (χ0) is 13.8. The second-order valence-corrected chi connectivity index (χ2v) is 4.66. The van der Waals surface area contributed by atoms with E-state index in [4.69, 9.17) is 5.73 Å². The Morgan fingerprint density at radius 3 is 2.80 bits per heavy atom. The molecule has 5 heteroatoms. The molecule has 0 atom stereocenters. The average molecular weight is 267 g/mol. The van der Waals surface area contributed by atoms with E-state index in [1.807, 2.05) is 24.3 Å². The van der Waals surface area contributed by atoms with Crippen LogP contribution in [0.5, 0.6) is 0 Å². The number of nitrogens with zero attached hydrogens (tertiary/aromatic N) is 4. The number of benzene rings is 1. The Kier molecular flexibility index (Phi) is 3.69. The predicted octanol–water partition coefficient (Wildman–Crippen LogP) is 1.57. The van der Waals surface area contributed by atoms with E-state index in [-0.39, 0.29) is 0 Å². The van der Waals surface area contributed by atoms with Crippen molar-refractivity contribution in [1.82, 2.24) is 19.5 Å². The lowest BCUT2D eigenvalue weighted by molar-refractivity contribution is 0.657. The molecule has 0 unspecified atom stereocenters. The standard InChI is InChI=1S/C15H17N5/c16-8-5-15-19-13-3-1-2-4-14(13)20(15)10-7-12-6-9-17-11-18-12/h1-4,6,9,11H,5,7-8,10,16H2. The van der Waals surface area contributed by atoms with Crippen molar-refractivity contribution in [3.63, 3.8) is 0 Å². The fourth-order valence-electron chi connectivity index (χ4n) is 2.39. The van der Waals surface area contributed by atoms with Crippen molar-refractivity contribution in [1.29, 1.82) is 0 Å². The van der Waals surface area contributed by atoms with Crippen LogP contribution in [-0.2, 0) is 19.4 Å². The zero-order valence-electron chi connectivity index (χ0n) is 11.2. The summed E-state index contributed by atoms with van der Waals surface area (Å²) in [5, 5.41) is 0. The first kappa shape index (κ1) is 12.7. The lowest BCUT2D eigenvalue weighted by atomic mass is 10.2. The second kappa shape index (κ2) is 5.79. The van der Waals surface area contributed by atoms with E-state index in [1.54, 1.807) is 12.5 Å². The molecule has 0 amide bonds. The second-order valence-electron chi connectivity index (χ2n) is 4.66. The molecule has 3 aromatic rings. The Balaban J connectivity index is 1.90. The maximum atomic E-state index is 5.68. The lowest BCUT2D eigenvalue weighted by Crippen LogP contribution is -2.11. The van der Waals surface area contributed by atoms with Crippen LogP contribution in [0.15, 0.2) is 42.9 Å². The fraction of sp³-hybridized carbons (Fsp3) is 0.267. The molecule has 3 rings (SSSR count). The molecular formula is C15H17N5. The summed E-state index contributed by atoms with van der Waals surface area (Å²) in [7, 11) is 0. The van der Waals surface area contributed by atoms with Crippen molar-refractivity contribution in [3.05, 3.63) is 54.4 Å². The van der Waals surface area contributed by atoms with Crippen molar-refractivity contribution in [2.45, 2.75) is 19.4 Å². The van der Waals surface area contributed by atoms with Crippen LogP contribution in [0.1, 0.15) is 11.5 Å². The molecule has 2 heterocycles. The highest BCUT2D eigenvalue weighted by atomic mass is 15.1. The highest BCUT2D eigenvalue weighted by Gasteiger charge is 2.09. The summed E-state index contributed by atoms with van der Waals surface area (Å²) in [6.45, 7) is 1.46. The molecular weight excluding hydrogens is 250 g/mol. The summed E-state index contributed by atoms with van der Waals surface area (Å²) in [6.07, 6.45) is 5.01. The Morgan fingerprint density at radius 2 is 2.00 bits per heavy atom. The minimum Gasteiger partial charge on any atom is -0.330 e. The lowest BCUT2D eigenvalue weighted by Gasteiger charge is -2.08. The Bertz CT molecular complexity index is 690. The van der Waals surface area contributed by atoms with Gasteiger partial charge in [-0.1, -0.05) is 12.1 Å². The maximum Gasteiger partial charge on any atom is 0.115 e. The predicted molar refractivity (Wildman–Crippen MR) is 78.2 cm³/mol. The highest BCUT2D eigenvalue weighted by Crippen LogP contribution is 2.16. The van der Waals surface area contributed by atoms with Crippen LogP contribution in [0.2, 0.25) is 0 Å². The molecule has 0 fully saturated rings. The quantitative estimate of drug-likeness (QED) is 0.762. The van der Waals surface area contributed by atoms with Gasteiger partial charge in [-0.15, -0.1) is 0 Å². The number of para-hydroxylation sites is 2. The summed E-state index contributed by atoms with van der Waals surface area (Å²) in [5.41, 5.74) is 8.91. The number of aryl methyl sites for hydroxylation is 2. The summed E-state index contributed by atoms with van der Waals surface area (Å²) < 4.78 is 2.24. The number of nitrogens with two attached hydrogens (primary N) is 1. The third kappa shape index (κ3) is 2.53. The minimum absolute atomic E-state index is 0.608. The molecule has 2 aromatic heterocycles. The summed E-state index contributed by atoms with van der Waals surface area (Å²) in [6, 6.07) is 10.1. The Labute approximate surface area is 117 Å². The average Bonchev–Trinajstić information content (AvgIpc) is 2.84. The normalized spacial score (nSPS) is 11.1. The van der Waals surface area contributed by atoms with Gasteiger partial charge in [-0.2, -0.15) is 0 Å². The molecule has 0 saturated carbocycles. The summed E-state index contributed by atoms with van der Waals surface area (Å²) >= 11 is 0. The van der Waals surface area contributed by atoms with Gasteiger partial charge in [0, 0.05) is 31.3 Å². The van der Waals surface area contributed by atoms with E-state index in [2.05, 4.69) is 25.6 Å². The van der Waals surface area contributed by atoms with Gasteiger partial charge in [0.2, 0.25) is 0 Å². The molecule has 0 aliphatic carbocycles. The smallest absolute Gasteiger partial charge is 0.115 e. The van der Waals surface area contributed by atoms with Gasteiger partial charge >= 0.3 is 0 Å². The largest absolute Gasteiger partial charge is 0.330 e. The molecule has 0 saturated heterocycles. The van der Waals surface area contributed by atoms with Gasteiger partial charge in [0.25, 0.3) is 0 Å². The van der Waals surface area contributed by atoms with Gasteiger partial charge in [-0.3, -0.25) is 0 Å². The Hall–Kier alpha value is -2.27. The maximum absolute atomic E-state index is 5.68. The van der Waals surface area contributed by atoms with Gasteiger partial charge in [0.05, 0.1) is 11.0 Å². The summed E-state index contributed by atoms with van der Waals surface area (Å²) in [5.74, 6) is 1.04. The van der Waals surface area contributed by atoms with Crippen LogP contribution >= 0.6 is 0 Å². The van der Waals surface area contributed by atoms with Crippen LogP contribution in [-0.4, -0.2) is 26.1 Å². The molecule has 0 spiro atoms. The molecule has 2 N–H and O–H groups in total. The first-order valence-corrected chi connectivity index (χ1v) is 6.77. The first-order chi connectivity index (χ1) is 9.88. The topological polar surface area (TPSA) is 69.6 Å². The number of rotatable bonds is 5. The van der Waals surface area contributed by atoms with Crippen LogP contribution < -0.4 is 5.73 Å². The Morgan fingerprint density at radius 1 is 1.10 bits per heavy atom. The van der Waals surface area contributed by atoms with Crippen molar-refractivity contribution < 1.29 is 0 Å². The number of fused-ring (bicyclic) bond motifs is 1. The molecule has 0 radical (unpaired) electrons. The third-order valence-electron chi connectivity index (χ3n) is 3.34. The van der Waals surface area contributed by atoms with Gasteiger partial charge in [-0.25, -0.2) is 15.0 Å². The molecule has 5 nitrogen and oxygen atoms in total. The minimum atomic E-state index is 0.608. The van der Waals surface area contributed by atoms with E-state index in [0.717, 1.165) is 41.9 Å². The van der Waals surface area contributed by atoms with E-state index in [1.165, 1.54) is 0 Å². The third-order valence-corrected chi connectivity index (χ3v) is 3.34. The molecule has 0 aliphatic heterocycles. The van der Waals surface area contributed by atoms with Gasteiger partial charge < -0.3 is 10.3 Å².